The SMILES string of the molecule is CCc1ccc(NC(=O)c2ccc(NC3CC3)c([N+](=O)[O-])c2)cc1. The molecule has 2 N–H and O–H groups in total. The van der Waals surface area contributed by atoms with Gasteiger partial charge in [0.1, 0.15) is 5.69 Å². The number of nitro groups is 1. The topological polar surface area (TPSA) is 84.3 Å². The molecule has 2 aromatic rings. The molecule has 0 saturated heterocycles. The largest absolute Gasteiger partial charge is 0.377 e. The molecule has 6 heteroatoms. The smallest absolute Gasteiger partial charge is 0.293 e. The van der Waals surface area contributed by atoms with E-state index >= 15 is 0 Å². The van der Waals surface area contributed by atoms with Crippen molar-refractivity contribution >= 4 is 23.0 Å². The highest BCUT2D eigenvalue weighted by molar-refractivity contribution is 6.05. The van der Waals surface area contributed by atoms with Gasteiger partial charge in [-0.15, -0.1) is 0 Å². The van der Waals surface area contributed by atoms with Crippen molar-refractivity contribution in [3.63, 3.8) is 0 Å². The van der Waals surface area contributed by atoms with Crippen LogP contribution in [0.25, 0.3) is 0 Å². The molecule has 0 radical (unpaired) electrons. The van der Waals surface area contributed by atoms with Gasteiger partial charge in [0.05, 0.1) is 4.92 Å². The van der Waals surface area contributed by atoms with E-state index in [2.05, 4.69) is 17.6 Å². The van der Waals surface area contributed by atoms with Crippen molar-refractivity contribution in [2.75, 3.05) is 10.6 Å². The van der Waals surface area contributed by atoms with Crippen LogP contribution in [0.15, 0.2) is 42.5 Å². The van der Waals surface area contributed by atoms with Gasteiger partial charge < -0.3 is 10.6 Å². The first-order valence-electron chi connectivity index (χ1n) is 8.02. The summed E-state index contributed by atoms with van der Waals surface area (Å²) in [7, 11) is 0. The predicted molar refractivity (Wildman–Crippen MR) is 93.5 cm³/mol. The van der Waals surface area contributed by atoms with Crippen molar-refractivity contribution in [1.82, 2.24) is 0 Å². The zero-order valence-electron chi connectivity index (χ0n) is 13.4. The summed E-state index contributed by atoms with van der Waals surface area (Å²) in [6, 6.07) is 12.4. The number of nitrogens with zero attached hydrogens (tertiary/aromatic N) is 1. The molecule has 0 atom stereocenters. The van der Waals surface area contributed by atoms with Crippen LogP contribution in [-0.2, 0) is 6.42 Å². The standard InChI is InChI=1S/C18H19N3O3/c1-2-12-3-6-15(7-4-12)20-18(22)13-5-10-16(19-14-8-9-14)17(11-13)21(23)24/h3-7,10-11,14,19H,2,8-9H2,1H3,(H,20,22). The zero-order valence-corrected chi connectivity index (χ0v) is 13.4. The molecule has 2 aromatic carbocycles. The van der Waals surface area contributed by atoms with Gasteiger partial charge >= 0.3 is 0 Å². The number of nitro benzene ring substituents is 1. The Morgan fingerprint density at radius 1 is 1.21 bits per heavy atom. The molecule has 0 unspecified atom stereocenters. The lowest BCUT2D eigenvalue weighted by atomic mass is 10.1. The summed E-state index contributed by atoms with van der Waals surface area (Å²) in [5.74, 6) is -0.361. The van der Waals surface area contributed by atoms with E-state index in [9.17, 15) is 14.9 Å². The molecule has 1 aliphatic rings. The highest BCUT2D eigenvalue weighted by Crippen LogP contribution is 2.31. The minimum absolute atomic E-state index is 0.0733. The molecule has 3 rings (SSSR count). The van der Waals surface area contributed by atoms with E-state index in [4.69, 9.17) is 0 Å². The van der Waals surface area contributed by atoms with Crippen LogP contribution in [0, 0.1) is 10.1 Å². The normalized spacial score (nSPS) is 13.4. The molecule has 1 amide bonds. The van der Waals surface area contributed by atoms with E-state index in [0.29, 0.717) is 17.4 Å². The van der Waals surface area contributed by atoms with Gasteiger partial charge in [0.25, 0.3) is 11.6 Å². The van der Waals surface area contributed by atoms with E-state index in [1.807, 2.05) is 24.3 Å². The van der Waals surface area contributed by atoms with Crippen LogP contribution in [0.5, 0.6) is 0 Å². The van der Waals surface area contributed by atoms with Gasteiger partial charge in [0, 0.05) is 23.4 Å². The Hall–Kier alpha value is -2.89. The summed E-state index contributed by atoms with van der Waals surface area (Å²) in [6.07, 6.45) is 2.97. The summed E-state index contributed by atoms with van der Waals surface area (Å²) < 4.78 is 0. The monoisotopic (exact) mass is 325 g/mol. The molecule has 0 aromatic heterocycles. The van der Waals surface area contributed by atoms with Crippen molar-refractivity contribution in [2.45, 2.75) is 32.2 Å². The molecule has 1 saturated carbocycles. The average molecular weight is 325 g/mol. The Balaban J connectivity index is 1.78. The number of anilines is 2. The maximum absolute atomic E-state index is 12.3. The average Bonchev–Trinajstić information content (AvgIpc) is 3.39. The fourth-order valence-corrected chi connectivity index (χ4v) is 2.42. The minimum Gasteiger partial charge on any atom is -0.377 e. The van der Waals surface area contributed by atoms with Crippen molar-refractivity contribution in [3.05, 3.63) is 63.7 Å². The number of nitrogens with one attached hydrogen (secondary N) is 2. The van der Waals surface area contributed by atoms with Crippen molar-refractivity contribution in [3.8, 4) is 0 Å². The van der Waals surface area contributed by atoms with Crippen LogP contribution in [0.3, 0.4) is 0 Å². The number of amides is 1. The van der Waals surface area contributed by atoms with Crippen molar-refractivity contribution in [2.24, 2.45) is 0 Å². The molecule has 1 fully saturated rings. The lowest BCUT2D eigenvalue weighted by Crippen LogP contribution is -2.13. The van der Waals surface area contributed by atoms with Gasteiger partial charge in [-0.3, -0.25) is 14.9 Å². The predicted octanol–water partition coefficient (Wildman–Crippen LogP) is 3.98. The maximum atomic E-state index is 12.3. The molecule has 1 aliphatic carbocycles. The van der Waals surface area contributed by atoms with Gasteiger partial charge in [-0.1, -0.05) is 19.1 Å². The van der Waals surface area contributed by atoms with Gasteiger partial charge in [-0.05, 0) is 49.1 Å². The summed E-state index contributed by atoms with van der Waals surface area (Å²) in [5.41, 5.74) is 2.50. The van der Waals surface area contributed by atoms with Gasteiger partial charge in [0.15, 0.2) is 0 Å². The highest BCUT2D eigenvalue weighted by Gasteiger charge is 2.25. The van der Waals surface area contributed by atoms with E-state index in [1.54, 1.807) is 12.1 Å². The first-order valence-corrected chi connectivity index (χ1v) is 8.02. The minimum atomic E-state index is -0.461. The number of hydrogen-bond donors (Lipinski definition) is 2. The molecule has 0 aliphatic heterocycles. The Kier molecular flexibility index (Phi) is 4.46. The number of hydrogen-bond acceptors (Lipinski definition) is 4. The summed E-state index contributed by atoms with van der Waals surface area (Å²) >= 11 is 0. The fourth-order valence-electron chi connectivity index (χ4n) is 2.42. The Labute approximate surface area is 140 Å². The Morgan fingerprint density at radius 2 is 1.92 bits per heavy atom. The molecule has 0 spiro atoms. The lowest BCUT2D eigenvalue weighted by molar-refractivity contribution is -0.384. The zero-order chi connectivity index (χ0) is 17.1. The third-order valence-electron chi connectivity index (χ3n) is 4.01. The number of aryl methyl sites for hydroxylation is 1. The summed E-state index contributed by atoms with van der Waals surface area (Å²) in [6.45, 7) is 2.06. The number of carbonyl (C=O) groups excluding carboxylic acids is 1. The molecular weight excluding hydrogens is 306 g/mol. The van der Waals surface area contributed by atoms with Crippen LogP contribution in [0.2, 0.25) is 0 Å². The summed E-state index contributed by atoms with van der Waals surface area (Å²) in [5, 5.41) is 17.1. The summed E-state index contributed by atoms with van der Waals surface area (Å²) in [4.78, 5) is 23.1. The van der Waals surface area contributed by atoms with Crippen LogP contribution in [-0.4, -0.2) is 16.9 Å². The third kappa shape index (κ3) is 3.71. The number of benzene rings is 2. The second-order valence-corrected chi connectivity index (χ2v) is 5.91. The maximum Gasteiger partial charge on any atom is 0.293 e. The molecular formula is C18H19N3O3. The fraction of sp³-hybridized carbons (Fsp3) is 0.278. The Morgan fingerprint density at radius 3 is 2.50 bits per heavy atom. The molecule has 24 heavy (non-hydrogen) atoms. The van der Waals surface area contributed by atoms with E-state index in [-0.39, 0.29) is 17.2 Å². The van der Waals surface area contributed by atoms with Gasteiger partial charge in [-0.25, -0.2) is 0 Å². The first-order chi connectivity index (χ1) is 11.6. The third-order valence-corrected chi connectivity index (χ3v) is 4.01. The van der Waals surface area contributed by atoms with Gasteiger partial charge in [-0.2, -0.15) is 0 Å². The van der Waals surface area contributed by atoms with E-state index < -0.39 is 4.92 Å². The quantitative estimate of drug-likeness (QED) is 0.621. The number of rotatable bonds is 6. The van der Waals surface area contributed by atoms with Crippen LogP contribution in [0.1, 0.15) is 35.7 Å². The van der Waals surface area contributed by atoms with Gasteiger partial charge in [0.2, 0.25) is 0 Å². The van der Waals surface area contributed by atoms with Crippen LogP contribution >= 0.6 is 0 Å². The molecule has 0 heterocycles. The molecule has 6 nitrogen and oxygen atoms in total. The molecule has 124 valence electrons. The van der Waals surface area contributed by atoms with Crippen molar-refractivity contribution in [1.29, 1.82) is 0 Å². The molecule has 0 bridgehead atoms. The second-order valence-electron chi connectivity index (χ2n) is 5.91. The van der Waals surface area contributed by atoms with Crippen LogP contribution < -0.4 is 10.6 Å². The second kappa shape index (κ2) is 6.70. The van der Waals surface area contributed by atoms with E-state index in [0.717, 1.165) is 19.3 Å². The van der Waals surface area contributed by atoms with Crippen molar-refractivity contribution < 1.29 is 9.72 Å². The van der Waals surface area contributed by atoms with E-state index in [1.165, 1.54) is 11.6 Å². The van der Waals surface area contributed by atoms with Crippen LogP contribution in [0.4, 0.5) is 17.1 Å². The number of carbonyl (C=O) groups is 1. The highest BCUT2D eigenvalue weighted by atomic mass is 16.6. The first kappa shape index (κ1) is 16.0. The Bertz CT molecular complexity index is 768. The lowest BCUT2D eigenvalue weighted by Gasteiger charge is -2.09.